The molecule has 1 rings (SSSR count). The van der Waals surface area contributed by atoms with Gasteiger partial charge in [-0.25, -0.2) is 0 Å². The van der Waals surface area contributed by atoms with Gasteiger partial charge in [-0.15, -0.1) is 0 Å². The molecule has 0 saturated heterocycles. The Kier molecular flexibility index (Phi) is 5.69. The first-order valence-corrected chi connectivity index (χ1v) is 6.10. The van der Waals surface area contributed by atoms with Crippen LogP contribution in [0.2, 0.25) is 0 Å². The van der Waals surface area contributed by atoms with Crippen molar-refractivity contribution in [2.45, 2.75) is 39.5 Å². The molecule has 0 aromatic heterocycles. The van der Waals surface area contributed by atoms with Gasteiger partial charge in [0.15, 0.2) is 0 Å². The quantitative estimate of drug-likeness (QED) is 0.541. The third kappa shape index (κ3) is 4.65. The molecule has 88 valence electrons. The minimum Gasteiger partial charge on any atom is -0.466 e. The van der Waals surface area contributed by atoms with Crippen molar-refractivity contribution in [1.29, 1.82) is 0 Å². The van der Waals surface area contributed by atoms with Gasteiger partial charge < -0.3 is 10.1 Å². The first-order chi connectivity index (χ1) is 7.24. The lowest BCUT2D eigenvalue weighted by Crippen LogP contribution is -2.26. The van der Waals surface area contributed by atoms with Crippen LogP contribution in [-0.4, -0.2) is 25.7 Å². The summed E-state index contributed by atoms with van der Waals surface area (Å²) < 4.78 is 4.86. The maximum absolute atomic E-state index is 11.0. The van der Waals surface area contributed by atoms with Gasteiger partial charge in [0.2, 0.25) is 0 Å². The Morgan fingerprint density at radius 3 is 2.87 bits per heavy atom. The number of ether oxygens (including phenoxy) is 1. The Hall–Kier alpha value is -0.570. The minimum absolute atomic E-state index is 0.0931. The van der Waals surface area contributed by atoms with E-state index in [4.69, 9.17) is 4.74 Å². The van der Waals surface area contributed by atoms with Gasteiger partial charge in [0.25, 0.3) is 0 Å². The van der Waals surface area contributed by atoms with Gasteiger partial charge in [0.05, 0.1) is 13.0 Å². The first-order valence-electron chi connectivity index (χ1n) is 6.10. The van der Waals surface area contributed by atoms with Crippen LogP contribution in [0, 0.1) is 11.8 Å². The highest BCUT2D eigenvalue weighted by molar-refractivity contribution is 5.69. The monoisotopic (exact) mass is 213 g/mol. The predicted molar refractivity (Wildman–Crippen MR) is 60.6 cm³/mol. The number of hydrogen-bond donors (Lipinski definition) is 1. The number of rotatable bonds is 6. The van der Waals surface area contributed by atoms with Gasteiger partial charge >= 0.3 is 5.97 Å². The molecule has 1 fully saturated rings. The fourth-order valence-corrected chi connectivity index (χ4v) is 2.24. The van der Waals surface area contributed by atoms with Crippen LogP contribution in [0.15, 0.2) is 0 Å². The number of nitrogens with one attached hydrogen (secondary N) is 1. The molecule has 0 aliphatic heterocycles. The number of esters is 1. The van der Waals surface area contributed by atoms with E-state index in [0.717, 1.165) is 24.9 Å². The largest absolute Gasteiger partial charge is 0.466 e. The van der Waals surface area contributed by atoms with Crippen molar-refractivity contribution in [1.82, 2.24) is 5.32 Å². The lowest BCUT2D eigenvalue weighted by Gasteiger charge is -2.15. The van der Waals surface area contributed by atoms with Crippen LogP contribution in [0.1, 0.15) is 39.5 Å². The summed E-state index contributed by atoms with van der Waals surface area (Å²) in [5, 5.41) is 3.35. The summed E-state index contributed by atoms with van der Waals surface area (Å²) >= 11 is 0. The molecule has 0 aromatic rings. The first kappa shape index (κ1) is 12.5. The van der Waals surface area contributed by atoms with Crippen molar-refractivity contribution in [3.05, 3.63) is 0 Å². The van der Waals surface area contributed by atoms with E-state index in [9.17, 15) is 4.79 Å². The summed E-state index contributed by atoms with van der Waals surface area (Å²) in [7, 11) is 0. The molecular formula is C12H23NO2. The molecule has 0 radical (unpaired) electrons. The maximum Gasteiger partial charge on any atom is 0.307 e. The van der Waals surface area contributed by atoms with Gasteiger partial charge in [0.1, 0.15) is 0 Å². The summed E-state index contributed by atoms with van der Waals surface area (Å²) in [5.41, 5.74) is 0. The van der Waals surface area contributed by atoms with Gasteiger partial charge in [-0.3, -0.25) is 4.79 Å². The summed E-state index contributed by atoms with van der Waals surface area (Å²) in [6.07, 6.45) is 4.57. The third-order valence-electron chi connectivity index (χ3n) is 3.26. The molecule has 0 amide bonds. The van der Waals surface area contributed by atoms with Gasteiger partial charge in [-0.05, 0) is 31.7 Å². The van der Waals surface area contributed by atoms with Crippen molar-refractivity contribution >= 4 is 5.97 Å². The van der Waals surface area contributed by atoms with Crippen LogP contribution < -0.4 is 5.32 Å². The zero-order valence-electron chi connectivity index (χ0n) is 9.92. The van der Waals surface area contributed by atoms with Gasteiger partial charge in [0, 0.05) is 6.54 Å². The van der Waals surface area contributed by atoms with E-state index in [2.05, 4.69) is 12.2 Å². The molecule has 15 heavy (non-hydrogen) atoms. The molecule has 1 aliphatic carbocycles. The molecular weight excluding hydrogens is 190 g/mol. The average Bonchev–Trinajstić information content (AvgIpc) is 2.60. The highest BCUT2D eigenvalue weighted by Crippen LogP contribution is 2.30. The van der Waals surface area contributed by atoms with E-state index in [1.807, 2.05) is 6.92 Å². The second kappa shape index (κ2) is 6.83. The third-order valence-corrected chi connectivity index (χ3v) is 3.26. The molecule has 0 spiro atoms. The van der Waals surface area contributed by atoms with E-state index < -0.39 is 0 Å². The Bertz CT molecular complexity index is 194. The fraction of sp³-hybridized carbons (Fsp3) is 0.917. The average molecular weight is 213 g/mol. The highest BCUT2D eigenvalue weighted by Gasteiger charge is 2.22. The molecule has 3 nitrogen and oxygen atoms in total. The lowest BCUT2D eigenvalue weighted by molar-refractivity contribution is -0.142. The van der Waals surface area contributed by atoms with E-state index in [1.165, 1.54) is 19.3 Å². The summed E-state index contributed by atoms with van der Waals surface area (Å²) in [6.45, 7) is 6.46. The minimum atomic E-state index is -0.0931. The summed E-state index contributed by atoms with van der Waals surface area (Å²) in [5.74, 6) is 1.57. The van der Waals surface area contributed by atoms with Gasteiger partial charge in [-0.1, -0.05) is 19.8 Å². The van der Waals surface area contributed by atoms with Crippen molar-refractivity contribution in [2.24, 2.45) is 11.8 Å². The summed E-state index contributed by atoms with van der Waals surface area (Å²) in [4.78, 5) is 11.0. The molecule has 0 aromatic carbocycles. The molecule has 3 heteroatoms. The number of hydrogen-bond acceptors (Lipinski definition) is 3. The van der Waals surface area contributed by atoms with Crippen LogP contribution in [0.4, 0.5) is 0 Å². The molecule has 1 N–H and O–H groups in total. The van der Waals surface area contributed by atoms with E-state index >= 15 is 0 Å². The number of carbonyl (C=O) groups excluding carboxylic acids is 1. The van der Waals surface area contributed by atoms with E-state index in [-0.39, 0.29) is 5.97 Å². The summed E-state index contributed by atoms with van der Waals surface area (Å²) in [6, 6.07) is 0. The molecule has 2 atom stereocenters. The smallest absolute Gasteiger partial charge is 0.307 e. The van der Waals surface area contributed by atoms with Crippen LogP contribution in [0.5, 0.6) is 0 Å². The van der Waals surface area contributed by atoms with Crippen molar-refractivity contribution in [3.8, 4) is 0 Å². The normalized spacial score (nSPS) is 25.5. The number of carbonyl (C=O) groups is 1. The molecule has 0 heterocycles. The lowest BCUT2D eigenvalue weighted by atomic mass is 9.98. The van der Waals surface area contributed by atoms with Crippen molar-refractivity contribution < 1.29 is 9.53 Å². The fourth-order valence-electron chi connectivity index (χ4n) is 2.24. The van der Waals surface area contributed by atoms with Crippen LogP contribution in [0.3, 0.4) is 0 Å². The highest BCUT2D eigenvalue weighted by atomic mass is 16.5. The molecule has 2 unspecified atom stereocenters. The topological polar surface area (TPSA) is 38.3 Å². The zero-order valence-corrected chi connectivity index (χ0v) is 9.92. The van der Waals surface area contributed by atoms with Gasteiger partial charge in [-0.2, -0.15) is 0 Å². The predicted octanol–water partition coefficient (Wildman–Crippen LogP) is 1.97. The maximum atomic E-state index is 11.0. The standard InChI is InChI=1S/C12H23NO2/c1-3-15-12(14)7-8-13-9-11-6-4-5-10(11)2/h10-11,13H,3-9H2,1-2H3. The Morgan fingerprint density at radius 1 is 1.47 bits per heavy atom. The van der Waals surface area contributed by atoms with E-state index in [0.29, 0.717) is 13.0 Å². The molecule has 1 aliphatic rings. The molecule has 1 saturated carbocycles. The Labute approximate surface area is 92.6 Å². The SMILES string of the molecule is CCOC(=O)CCNCC1CCCC1C. The van der Waals surface area contributed by atoms with Crippen LogP contribution in [-0.2, 0) is 9.53 Å². The Balaban J connectivity index is 1.99. The second-order valence-corrected chi connectivity index (χ2v) is 4.43. The van der Waals surface area contributed by atoms with Crippen molar-refractivity contribution in [3.63, 3.8) is 0 Å². The second-order valence-electron chi connectivity index (χ2n) is 4.43. The zero-order chi connectivity index (χ0) is 11.1. The van der Waals surface area contributed by atoms with Crippen molar-refractivity contribution in [2.75, 3.05) is 19.7 Å². The molecule has 0 bridgehead atoms. The van der Waals surface area contributed by atoms with Crippen LogP contribution >= 0.6 is 0 Å². The Morgan fingerprint density at radius 2 is 2.27 bits per heavy atom. The van der Waals surface area contributed by atoms with E-state index in [1.54, 1.807) is 0 Å². The van der Waals surface area contributed by atoms with Crippen LogP contribution in [0.25, 0.3) is 0 Å².